The number of pyridine rings is 1. The fourth-order valence-corrected chi connectivity index (χ4v) is 3.32. The Morgan fingerprint density at radius 2 is 1.65 bits per heavy atom. The molecule has 0 atom stereocenters. The second-order valence-electron chi connectivity index (χ2n) is 7.33. The summed E-state index contributed by atoms with van der Waals surface area (Å²) in [7, 11) is 0. The number of hydrogen-bond acceptors (Lipinski definition) is 4. The van der Waals surface area contributed by atoms with Crippen molar-refractivity contribution in [1.29, 1.82) is 5.26 Å². The van der Waals surface area contributed by atoms with Crippen molar-refractivity contribution in [3.63, 3.8) is 0 Å². The molecule has 0 radical (unpaired) electrons. The van der Waals surface area contributed by atoms with Gasteiger partial charge < -0.3 is 10.6 Å². The van der Waals surface area contributed by atoms with E-state index >= 15 is 0 Å². The Morgan fingerprint density at radius 1 is 0.882 bits per heavy atom. The van der Waals surface area contributed by atoms with Gasteiger partial charge in [0.2, 0.25) is 5.96 Å². The number of carbonyl (C=O) groups excluding carboxylic acids is 1. The van der Waals surface area contributed by atoms with Crippen LogP contribution >= 0.6 is 0 Å². The van der Waals surface area contributed by atoms with Gasteiger partial charge in [0.1, 0.15) is 0 Å². The number of nitrogens with one attached hydrogen (secondary N) is 3. The van der Waals surface area contributed by atoms with Gasteiger partial charge in [-0.3, -0.25) is 15.1 Å². The van der Waals surface area contributed by atoms with Crippen molar-refractivity contribution in [1.82, 2.24) is 10.3 Å². The normalized spacial score (nSPS) is 10.7. The van der Waals surface area contributed by atoms with Gasteiger partial charge in [-0.05, 0) is 41.5 Å². The van der Waals surface area contributed by atoms with Crippen molar-refractivity contribution in [3.05, 3.63) is 115 Å². The van der Waals surface area contributed by atoms with Crippen LogP contribution in [0, 0.1) is 11.5 Å². The highest BCUT2D eigenvalue weighted by Crippen LogP contribution is 2.28. The number of guanidine groups is 1. The maximum absolute atomic E-state index is 12.9. The average Bonchev–Trinajstić information content (AvgIpc) is 2.89. The summed E-state index contributed by atoms with van der Waals surface area (Å²) in [5, 5.41) is 17.5. The number of nitrogens with zero attached hydrogens (tertiary/aromatic N) is 3. The van der Waals surface area contributed by atoms with Gasteiger partial charge in [-0.2, -0.15) is 5.26 Å². The SMILES string of the molecule is N#CN/C(=N\Cc1ccc(C(=O)Nc2ccccc2-c2ccccc2)cc1)Nc1cccnc1. The summed E-state index contributed by atoms with van der Waals surface area (Å²) in [5.74, 6) is 0.123. The topological polar surface area (TPSA) is 102 Å². The Balaban J connectivity index is 1.43. The van der Waals surface area contributed by atoms with Gasteiger partial charge in [-0.1, -0.05) is 60.7 Å². The molecule has 1 heterocycles. The maximum Gasteiger partial charge on any atom is 0.255 e. The highest BCUT2D eigenvalue weighted by atomic mass is 16.1. The maximum atomic E-state index is 12.9. The van der Waals surface area contributed by atoms with Crippen LogP contribution in [0.5, 0.6) is 0 Å². The minimum absolute atomic E-state index is 0.191. The number of amides is 1. The number of anilines is 2. The molecule has 0 fully saturated rings. The molecule has 0 unspecified atom stereocenters. The first-order chi connectivity index (χ1) is 16.7. The summed E-state index contributed by atoms with van der Waals surface area (Å²) in [4.78, 5) is 21.3. The molecule has 1 aromatic heterocycles. The third kappa shape index (κ3) is 5.84. The zero-order valence-corrected chi connectivity index (χ0v) is 18.3. The third-order valence-corrected chi connectivity index (χ3v) is 4.99. The number of hydrogen-bond donors (Lipinski definition) is 3. The molecule has 7 heteroatoms. The first-order valence-electron chi connectivity index (χ1n) is 10.6. The monoisotopic (exact) mass is 446 g/mol. The number of benzene rings is 3. The first kappa shape index (κ1) is 22.2. The van der Waals surface area contributed by atoms with Crippen LogP contribution in [0.3, 0.4) is 0 Å². The Hall–Kier alpha value is -4.96. The van der Waals surface area contributed by atoms with E-state index in [4.69, 9.17) is 5.26 Å². The Morgan fingerprint density at radius 3 is 2.38 bits per heavy atom. The van der Waals surface area contributed by atoms with E-state index in [9.17, 15) is 4.79 Å². The van der Waals surface area contributed by atoms with Crippen LogP contribution < -0.4 is 16.0 Å². The molecule has 3 aromatic carbocycles. The number of para-hydroxylation sites is 1. The zero-order valence-electron chi connectivity index (χ0n) is 18.3. The number of rotatable bonds is 6. The van der Waals surface area contributed by atoms with Crippen LogP contribution in [0.4, 0.5) is 11.4 Å². The molecule has 4 aromatic rings. The van der Waals surface area contributed by atoms with E-state index in [-0.39, 0.29) is 5.91 Å². The minimum Gasteiger partial charge on any atom is -0.324 e. The van der Waals surface area contributed by atoms with E-state index in [1.165, 1.54) is 0 Å². The summed E-state index contributed by atoms with van der Waals surface area (Å²) in [6.45, 7) is 0.329. The molecule has 0 saturated heterocycles. The van der Waals surface area contributed by atoms with Gasteiger partial charge in [0.15, 0.2) is 6.19 Å². The molecule has 0 aliphatic carbocycles. The number of carbonyl (C=O) groups is 1. The lowest BCUT2D eigenvalue weighted by atomic mass is 10.0. The van der Waals surface area contributed by atoms with E-state index in [1.807, 2.05) is 79.0 Å². The molecule has 0 bridgehead atoms. The molecule has 7 nitrogen and oxygen atoms in total. The van der Waals surface area contributed by atoms with Crippen molar-refractivity contribution >= 4 is 23.2 Å². The van der Waals surface area contributed by atoms with Crippen LogP contribution in [0.25, 0.3) is 11.1 Å². The summed E-state index contributed by atoms with van der Waals surface area (Å²) in [5.41, 5.74) is 4.90. The number of nitriles is 1. The molecule has 0 saturated carbocycles. The first-order valence-corrected chi connectivity index (χ1v) is 10.6. The average molecular weight is 447 g/mol. The highest BCUT2D eigenvalue weighted by Gasteiger charge is 2.10. The lowest BCUT2D eigenvalue weighted by molar-refractivity contribution is 0.102. The van der Waals surface area contributed by atoms with E-state index in [0.29, 0.717) is 23.8 Å². The van der Waals surface area contributed by atoms with Gasteiger partial charge in [0.25, 0.3) is 5.91 Å². The summed E-state index contributed by atoms with van der Waals surface area (Å²) >= 11 is 0. The van der Waals surface area contributed by atoms with E-state index in [0.717, 1.165) is 22.4 Å². The van der Waals surface area contributed by atoms with Crippen molar-refractivity contribution in [2.75, 3.05) is 10.6 Å². The summed E-state index contributed by atoms with van der Waals surface area (Å²) in [6, 6.07) is 28.5. The molecular weight excluding hydrogens is 424 g/mol. The van der Waals surface area contributed by atoms with Gasteiger partial charge in [-0.25, -0.2) is 4.99 Å². The molecule has 0 aliphatic heterocycles. The predicted molar refractivity (Wildman–Crippen MR) is 134 cm³/mol. The molecule has 3 N–H and O–H groups in total. The Labute approximate surface area is 197 Å². The zero-order chi connectivity index (χ0) is 23.6. The van der Waals surface area contributed by atoms with Crippen LogP contribution in [-0.4, -0.2) is 16.9 Å². The fourth-order valence-electron chi connectivity index (χ4n) is 3.32. The van der Waals surface area contributed by atoms with Gasteiger partial charge in [-0.15, -0.1) is 0 Å². The summed E-state index contributed by atoms with van der Waals surface area (Å²) in [6.07, 6.45) is 5.17. The molecular formula is C27H22N6O. The van der Waals surface area contributed by atoms with Crippen LogP contribution in [0.15, 0.2) is 108 Å². The standard InChI is InChI=1S/C27H22N6O/c28-19-31-27(32-23-9-6-16-29-18-23)30-17-20-12-14-22(15-13-20)26(34)33-25-11-5-4-10-24(25)21-7-2-1-3-8-21/h1-16,18H,17H2,(H,33,34)(H2,30,31,32). The Bertz CT molecular complexity index is 1310. The fraction of sp³-hybridized carbons (Fsp3) is 0.0370. The Kier molecular flexibility index (Phi) is 7.24. The molecule has 166 valence electrons. The largest absolute Gasteiger partial charge is 0.324 e. The molecule has 34 heavy (non-hydrogen) atoms. The van der Waals surface area contributed by atoms with Crippen molar-refractivity contribution in [2.45, 2.75) is 6.54 Å². The quantitative estimate of drug-likeness (QED) is 0.167. The van der Waals surface area contributed by atoms with E-state index in [2.05, 4.69) is 25.9 Å². The van der Waals surface area contributed by atoms with Crippen LogP contribution in [0.2, 0.25) is 0 Å². The lowest BCUT2D eigenvalue weighted by Gasteiger charge is -2.12. The van der Waals surface area contributed by atoms with Gasteiger partial charge in [0, 0.05) is 23.0 Å². The highest BCUT2D eigenvalue weighted by molar-refractivity contribution is 6.06. The second kappa shape index (κ2) is 11.1. The van der Waals surface area contributed by atoms with Gasteiger partial charge >= 0.3 is 0 Å². The minimum atomic E-state index is -0.191. The van der Waals surface area contributed by atoms with E-state index in [1.54, 1.807) is 30.6 Å². The summed E-state index contributed by atoms with van der Waals surface area (Å²) < 4.78 is 0. The molecule has 1 amide bonds. The number of aliphatic imine (C=N–C) groups is 1. The van der Waals surface area contributed by atoms with Crippen molar-refractivity contribution < 1.29 is 4.79 Å². The number of aromatic nitrogens is 1. The van der Waals surface area contributed by atoms with Gasteiger partial charge in [0.05, 0.1) is 18.4 Å². The van der Waals surface area contributed by atoms with E-state index < -0.39 is 0 Å². The van der Waals surface area contributed by atoms with Crippen LogP contribution in [-0.2, 0) is 6.54 Å². The van der Waals surface area contributed by atoms with Crippen molar-refractivity contribution in [3.8, 4) is 17.3 Å². The second-order valence-corrected chi connectivity index (χ2v) is 7.33. The predicted octanol–water partition coefficient (Wildman–Crippen LogP) is 5.04. The molecule has 4 rings (SSSR count). The molecule has 0 aliphatic rings. The van der Waals surface area contributed by atoms with Crippen molar-refractivity contribution in [2.24, 2.45) is 4.99 Å². The smallest absolute Gasteiger partial charge is 0.255 e. The van der Waals surface area contributed by atoms with Crippen LogP contribution in [0.1, 0.15) is 15.9 Å². The lowest BCUT2D eigenvalue weighted by Crippen LogP contribution is -2.26. The third-order valence-electron chi connectivity index (χ3n) is 4.99. The molecule has 0 spiro atoms.